The van der Waals surface area contributed by atoms with E-state index in [-0.39, 0.29) is 0 Å². The van der Waals surface area contributed by atoms with Crippen molar-refractivity contribution in [3.8, 4) is 0 Å². The summed E-state index contributed by atoms with van der Waals surface area (Å²) in [5.74, 6) is 0. The lowest BCUT2D eigenvalue weighted by molar-refractivity contribution is 1.22. The zero-order valence-corrected chi connectivity index (χ0v) is 34.4. The number of hydrogen-bond acceptors (Lipinski definition) is 2. The molecule has 59 heavy (non-hydrogen) atoms. The number of aryl methyl sites for hydroxylation is 4. The van der Waals surface area contributed by atoms with Gasteiger partial charge in [0.25, 0.3) is 0 Å². The maximum Gasteiger partial charge on any atom is 0.0640 e. The quantitative estimate of drug-likeness (QED) is 0.167. The first-order valence-electron chi connectivity index (χ1n) is 20.7. The van der Waals surface area contributed by atoms with Gasteiger partial charge in [0, 0.05) is 55.1 Å². The van der Waals surface area contributed by atoms with Crippen molar-refractivity contribution < 1.29 is 0 Å². The van der Waals surface area contributed by atoms with Crippen LogP contribution in [-0.2, 0) is 0 Å². The molecule has 2 heterocycles. The second kappa shape index (κ2) is 13.2. The molecule has 0 saturated heterocycles. The number of aromatic nitrogens is 1. The molecule has 0 spiro atoms. The average molecular weight is 760 g/mol. The van der Waals surface area contributed by atoms with Crippen molar-refractivity contribution in [2.24, 2.45) is 0 Å². The highest BCUT2D eigenvalue weighted by Gasteiger charge is 2.29. The molecule has 284 valence electrons. The second-order valence-corrected chi connectivity index (χ2v) is 16.5. The van der Waals surface area contributed by atoms with Gasteiger partial charge in [-0.2, -0.15) is 0 Å². The summed E-state index contributed by atoms with van der Waals surface area (Å²) in [6.45, 7) is 13.4. The molecule has 0 radical (unpaired) electrons. The van der Waals surface area contributed by atoms with Gasteiger partial charge in [0.1, 0.15) is 0 Å². The van der Waals surface area contributed by atoms with Crippen LogP contribution >= 0.6 is 0 Å². The van der Waals surface area contributed by atoms with Crippen LogP contribution in [0.5, 0.6) is 0 Å². The molecule has 3 heteroatoms. The van der Waals surface area contributed by atoms with E-state index in [1.54, 1.807) is 0 Å². The minimum atomic E-state index is 1.14. The summed E-state index contributed by atoms with van der Waals surface area (Å²) in [4.78, 5) is 5.02. The molecule has 0 aliphatic heterocycles. The molecule has 0 aliphatic rings. The van der Waals surface area contributed by atoms with Gasteiger partial charge in [-0.3, -0.25) is 0 Å². The fraction of sp³-hybridized carbons (Fsp3) is 0.107. The van der Waals surface area contributed by atoms with E-state index in [4.69, 9.17) is 0 Å². The van der Waals surface area contributed by atoms with E-state index in [1.807, 2.05) is 0 Å². The minimum Gasteiger partial charge on any atom is -0.309 e. The zero-order chi connectivity index (χ0) is 40.1. The van der Waals surface area contributed by atoms with Crippen molar-refractivity contribution in [2.75, 3.05) is 9.80 Å². The second-order valence-electron chi connectivity index (χ2n) is 16.5. The van der Waals surface area contributed by atoms with Crippen LogP contribution in [0.4, 0.5) is 34.1 Å². The normalized spacial score (nSPS) is 11.9. The monoisotopic (exact) mass is 759 g/mol. The van der Waals surface area contributed by atoms with Crippen molar-refractivity contribution in [3.63, 3.8) is 0 Å². The summed E-state index contributed by atoms with van der Waals surface area (Å²) < 4.78 is 2.57. The molecule has 11 aromatic rings. The fourth-order valence-corrected chi connectivity index (χ4v) is 9.79. The van der Waals surface area contributed by atoms with Crippen molar-refractivity contribution in [2.45, 2.75) is 41.5 Å². The molecule has 0 bridgehead atoms. The lowest BCUT2D eigenvalue weighted by Gasteiger charge is -2.29. The van der Waals surface area contributed by atoms with Gasteiger partial charge in [0.05, 0.1) is 27.9 Å². The zero-order valence-electron chi connectivity index (χ0n) is 34.4. The van der Waals surface area contributed by atoms with Crippen LogP contribution in [0.2, 0.25) is 0 Å². The van der Waals surface area contributed by atoms with Gasteiger partial charge in [-0.1, -0.05) is 103 Å². The maximum absolute atomic E-state index is 2.57. The van der Waals surface area contributed by atoms with Crippen molar-refractivity contribution in [3.05, 3.63) is 197 Å². The van der Waals surface area contributed by atoms with Crippen LogP contribution in [-0.4, -0.2) is 4.40 Å². The van der Waals surface area contributed by atoms with Crippen LogP contribution < -0.4 is 9.80 Å². The Bertz CT molecular complexity index is 3180. The molecule has 0 aliphatic carbocycles. The van der Waals surface area contributed by atoms with E-state index in [1.165, 1.54) is 116 Å². The number of anilines is 6. The number of fused-ring (bicyclic) bond motifs is 8. The highest BCUT2D eigenvalue weighted by molar-refractivity contribution is 6.33. The first kappa shape index (κ1) is 35.1. The van der Waals surface area contributed by atoms with E-state index in [9.17, 15) is 0 Å². The lowest BCUT2D eigenvalue weighted by atomic mass is 9.97. The number of para-hydroxylation sites is 3. The van der Waals surface area contributed by atoms with Gasteiger partial charge in [-0.15, -0.1) is 0 Å². The number of nitrogens with zero attached hydrogens (tertiary/aromatic N) is 3. The molecular weight excluding hydrogens is 715 g/mol. The Hall–Kier alpha value is -7.10. The predicted molar refractivity (Wildman–Crippen MR) is 254 cm³/mol. The van der Waals surface area contributed by atoms with Crippen LogP contribution in [0.1, 0.15) is 33.4 Å². The molecule has 9 aromatic carbocycles. The van der Waals surface area contributed by atoms with Crippen molar-refractivity contribution in [1.29, 1.82) is 0 Å². The van der Waals surface area contributed by atoms with Gasteiger partial charge < -0.3 is 14.2 Å². The Morgan fingerprint density at radius 2 is 0.695 bits per heavy atom. The molecule has 0 N–H and O–H groups in total. The average Bonchev–Trinajstić information content (AvgIpc) is 3.77. The van der Waals surface area contributed by atoms with Crippen LogP contribution in [0.3, 0.4) is 0 Å². The Morgan fingerprint density at radius 3 is 1.10 bits per heavy atom. The molecule has 3 nitrogen and oxygen atoms in total. The molecule has 2 aromatic heterocycles. The Labute approximate surface area is 345 Å². The van der Waals surface area contributed by atoms with E-state index in [0.717, 1.165) is 11.4 Å². The lowest BCUT2D eigenvalue weighted by Crippen LogP contribution is -2.12. The van der Waals surface area contributed by atoms with E-state index < -0.39 is 0 Å². The number of benzene rings is 9. The molecule has 11 rings (SSSR count). The van der Waals surface area contributed by atoms with Crippen LogP contribution in [0.25, 0.3) is 59.6 Å². The molecule has 0 amide bonds. The standard InChI is InChI=1S/C56H45N3/c1-34-28-44(29-35(2)38(34)5)57(42-20-9-7-10-21-42)55-46-24-15-13-18-40(46)32-50-52(55)48-26-17-27-49-53-51(59(50)54(48)49)33-41-19-14-16-25-47(41)56(53)58(43-22-11-8-12-23-43)45-30-36(3)39(6)37(4)31-45/h7-33H,1-6H3. The van der Waals surface area contributed by atoms with E-state index in [0.29, 0.717) is 0 Å². The molecule has 0 atom stereocenters. The fourth-order valence-electron chi connectivity index (χ4n) is 9.79. The first-order valence-corrected chi connectivity index (χ1v) is 20.7. The summed E-state index contributed by atoms with van der Waals surface area (Å²) in [6, 6.07) is 61.0. The van der Waals surface area contributed by atoms with E-state index in [2.05, 4.69) is 220 Å². The van der Waals surface area contributed by atoms with E-state index >= 15 is 0 Å². The summed E-state index contributed by atoms with van der Waals surface area (Å²) in [6.07, 6.45) is 0. The van der Waals surface area contributed by atoms with Crippen LogP contribution in [0, 0.1) is 41.5 Å². The smallest absolute Gasteiger partial charge is 0.0640 e. The van der Waals surface area contributed by atoms with Crippen molar-refractivity contribution in [1.82, 2.24) is 4.40 Å². The SMILES string of the molecule is Cc1cc(N(c2ccccc2)c2c3ccccc3cc3c2c2cccc4c5c(N(c6ccccc6)c6cc(C)c(C)c(C)c6)c6ccccc6cc5n3c24)cc(C)c1C. The summed E-state index contributed by atoms with van der Waals surface area (Å²) in [5, 5.41) is 9.88. The first-order chi connectivity index (χ1) is 28.8. The number of hydrogen-bond donors (Lipinski definition) is 0. The Balaban J connectivity index is 1.33. The minimum absolute atomic E-state index is 1.14. The largest absolute Gasteiger partial charge is 0.309 e. The van der Waals surface area contributed by atoms with Gasteiger partial charge in [-0.25, -0.2) is 0 Å². The molecule has 0 fully saturated rings. The molecule has 0 unspecified atom stereocenters. The van der Waals surface area contributed by atoms with Crippen molar-refractivity contribution >= 4 is 93.8 Å². The van der Waals surface area contributed by atoms with Gasteiger partial charge >= 0.3 is 0 Å². The molecule has 0 saturated carbocycles. The molecular formula is C56H45N3. The Morgan fingerprint density at radius 1 is 0.339 bits per heavy atom. The third-order valence-electron chi connectivity index (χ3n) is 13.1. The predicted octanol–water partition coefficient (Wildman–Crippen LogP) is 15.9. The van der Waals surface area contributed by atoms with Crippen LogP contribution in [0.15, 0.2) is 164 Å². The highest BCUT2D eigenvalue weighted by Crippen LogP contribution is 2.53. The summed E-state index contributed by atoms with van der Waals surface area (Å²) >= 11 is 0. The third-order valence-corrected chi connectivity index (χ3v) is 13.1. The van der Waals surface area contributed by atoms with Gasteiger partial charge in [0.2, 0.25) is 0 Å². The number of rotatable bonds is 6. The van der Waals surface area contributed by atoms with Gasteiger partial charge in [-0.05, 0) is 146 Å². The third kappa shape index (κ3) is 5.21. The maximum atomic E-state index is 2.57. The Kier molecular flexibility index (Phi) is 7.87. The summed E-state index contributed by atoms with van der Waals surface area (Å²) in [7, 11) is 0. The highest BCUT2D eigenvalue weighted by atomic mass is 15.2. The van der Waals surface area contributed by atoms with Gasteiger partial charge in [0.15, 0.2) is 0 Å². The topological polar surface area (TPSA) is 10.9 Å². The summed E-state index contributed by atoms with van der Waals surface area (Å²) in [5.41, 5.74) is 18.5.